The summed E-state index contributed by atoms with van der Waals surface area (Å²) in [6, 6.07) is 6.89. The van der Waals surface area contributed by atoms with Crippen molar-refractivity contribution in [2.24, 2.45) is 0 Å². The van der Waals surface area contributed by atoms with Crippen molar-refractivity contribution < 1.29 is 19.8 Å². The molecule has 1 heterocycles. The number of nitrogens with zero attached hydrogens (tertiary/aromatic N) is 1. The SMILES string of the molecule is CC(O)(CNC(=O)Cn1c(=O)[nH]c2ccccc21)C(=O)O. The Labute approximate surface area is 119 Å². The number of benzene rings is 1. The van der Waals surface area contributed by atoms with Crippen molar-refractivity contribution in [2.45, 2.75) is 19.1 Å². The van der Waals surface area contributed by atoms with E-state index in [0.29, 0.717) is 11.0 Å². The molecule has 0 saturated heterocycles. The van der Waals surface area contributed by atoms with E-state index < -0.39 is 29.7 Å². The van der Waals surface area contributed by atoms with Gasteiger partial charge in [0.2, 0.25) is 5.91 Å². The number of amides is 1. The van der Waals surface area contributed by atoms with Gasteiger partial charge >= 0.3 is 11.7 Å². The van der Waals surface area contributed by atoms with Crippen LogP contribution in [0.15, 0.2) is 29.1 Å². The van der Waals surface area contributed by atoms with Gasteiger partial charge in [-0.2, -0.15) is 0 Å². The predicted octanol–water partition coefficient (Wildman–Crippen LogP) is -0.719. The topological polar surface area (TPSA) is 124 Å². The van der Waals surface area contributed by atoms with Crippen molar-refractivity contribution in [3.05, 3.63) is 34.7 Å². The number of imidazole rings is 1. The van der Waals surface area contributed by atoms with E-state index in [2.05, 4.69) is 10.3 Å². The van der Waals surface area contributed by atoms with Crippen molar-refractivity contribution in [3.8, 4) is 0 Å². The molecule has 0 aliphatic carbocycles. The lowest BCUT2D eigenvalue weighted by atomic mass is 10.1. The highest BCUT2D eigenvalue weighted by molar-refractivity contribution is 5.82. The molecule has 1 amide bonds. The lowest BCUT2D eigenvalue weighted by Gasteiger charge is -2.18. The van der Waals surface area contributed by atoms with Crippen LogP contribution in [0.4, 0.5) is 0 Å². The summed E-state index contributed by atoms with van der Waals surface area (Å²) >= 11 is 0. The Balaban J connectivity index is 2.11. The van der Waals surface area contributed by atoms with E-state index in [-0.39, 0.29) is 6.54 Å². The molecule has 112 valence electrons. The van der Waals surface area contributed by atoms with Crippen LogP contribution in [-0.2, 0) is 16.1 Å². The number of rotatable bonds is 5. The Kier molecular flexibility index (Phi) is 3.81. The molecule has 8 heteroatoms. The summed E-state index contributed by atoms with van der Waals surface area (Å²) in [6.45, 7) is 0.365. The number of fused-ring (bicyclic) bond motifs is 1. The number of aliphatic carboxylic acids is 1. The van der Waals surface area contributed by atoms with Gasteiger partial charge < -0.3 is 20.5 Å². The summed E-state index contributed by atoms with van der Waals surface area (Å²) < 4.78 is 1.24. The minimum atomic E-state index is -2.05. The van der Waals surface area contributed by atoms with Crippen molar-refractivity contribution in [2.75, 3.05) is 6.54 Å². The number of aromatic nitrogens is 2. The van der Waals surface area contributed by atoms with Crippen molar-refractivity contribution >= 4 is 22.9 Å². The molecule has 8 nitrogen and oxygen atoms in total. The second kappa shape index (κ2) is 5.41. The largest absolute Gasteiger partial charge is 0.479 e. The van der Waals surface area contributed by atoms with E-state index in [1.807, 2.05) is 0 Å². The third-order valence-electron chi connectivity index (χ3n) is 3.07. The molecule has 4 N–H and O–H groups in total. The predicted molar refractivity (Wildman–Crippen MR) is 73.8 cm³/mol. The van der Waals surface area contributed by atoms with Crippen LogP contribution >= 0.6 is 0 Å². The van der Waals surface area contributed by atoms with Gasteiger partial charge in [-0.3, -0.25) is 9.36 Å². The second-order valence-electron chi connectivity index (χ2n) is 4.89. The number of H-pyrrole nitrogens is 1. The fourth-order valence-corrected chi connectivity index (χ4v) is 1.81. The van der Waals surface area contributed by atoms with Gasteiger partial charge in [0.15, 0.2) is 5.60 Å². The first-order valence-corrected chi connectivity index (χ1v) is 6.21. The quantitative estimate of drug-likeness (QED) is 0.579. The lowest BCUT2D eigenvalue weighted by molar-refractivity contribution is -0.156. The third-order valence-corrected chi connectivity index (χ3v) is 3.07. The maximum Gasteiger partial charge on any atom is 0.337 e. The van der Waals surface area contributed by atoms with Gasteiger partial charge in [-0.15, -0.1) is 0 Å². The fourth-order valence-electron chi connectivity index (χ4n) is 1.81. The average molecular weight is 293 g/mol. The highest BCUT2D eigenvalue weighted by Crippen LogP contribution is 2.08. The fraction of sp³-hybridized carbons (Fsp3) is 0.308. The third kappa shape index (κ3) is 3.11. The molecule has 0 saturated carbocycles. The van der Waals surface area contributed by atoms with Gasteiger partial charge in [0.05, 0.1) is 17.6 Å². The minimum Gasteiger partial charge on any atom is -0.479 e. The molecule has 0 fully saturated rings. The molecule has 1 aromatic heterocycles. The van der Waals surface area contributed by atoms with Crippen LogP contribution in [-0.4, -0.2) is 43.8 Å². The first-order valence-electron chi connectivity index (χ1n) is 6.21. The first kappa shape index (κ1) is 14.8. The molecular formula is C13H15N3O5. The number of aliphatic hydroxyl groups is 1. The van der Waals surface area contributed by atoms with E-state index >= 15 is 0 Å². The summed E-state index contributed by atoms with van der Waals surface area (Å²) in [6.07, 6.45) is 0. The molecule has 2 aromatic rings. The molecule has 0 spiro atoms. The number of hydrogen-bond donors (Lipinski definition) is 4. The zero-order valence-electron chi connectivity index (χ0n) is 11.3. The van der Waals surface area contributed by atoms with Gasteiger partial charge in [-0.1, -0.05) is 12.1 Å². The van der Waals surface area contributed by atoms with E-state index in [4.69, 9.17) is 5.11 Å². The summed E-state index contributed by atoms with van der Waals surface area (Å²) in [4.78, 5) is 36.9. The lowest BCUT2D eigenvalue weighted by Crippen LogP contribution is -2.47. The van der Waals surface area contributed by atoms with Crippen molar-refractivity contribution in [1.29, 1.82) is 0 Å². The Hall–Kier alpha value is -2.61. The van der Waals surface area contributed by atoms with Gasteiger partial charge in [0, 0.05) is 0 Å². The molecule has 1 atom stereocenters. The Morgan fingerprint density at radius 1 is 1.38 bits per heavy atom. The maximum absolute atomic E-state index is 11.8. The standard InChI is InChI=1S/C13H15N3O5/c1-13(21,11(18)19)7-14-10(17)6-16-9-5-3-2-4-8(9)15-12(16)20/h2-5,21H,6-7H2,1H3,(H,14,17)(H,15,20)(H,18,19). The number of carboxylic acid groups (broad SMARTS) is 1. The molecular weight excluding hydrogens is 278 g/mol. The summed E-state index contributed by atoms with van der Waals surface area (Å²) in [7, 11) is 0. The van der Waals surface area contributed by atoms with E-state index in [9.17, 15) is 19.5 Å². The Morgan fingerprint density at radius 2 is 2.05 bits per heavy atom. The van der Waals surface area contributed by atoms with Gasteiger partial charge in [-0.25, -0.2) is 9.59 Å². The molecule has 2 rings (SSSR count). The number of carbonyl (C=O) groups excluding carboxylic acids is 1. The molecule has 0 aliphatic rings. The van der Waals surface area contributed by atoms with Crippen LogP contribution in [0.5, 0.6) is 0 Å². The monoisotopic (exact) mass is 293 g/mol. The molecule has 0 aliphatic heterocycles. The van der Waals surface area contributed by atoms with Crippen molar-refractivity contribution in [1.82, 2.24) is 14.9 Å². The number of para-hydroxylation sites is 2. The van der Waals surface area contributed by atoms with Gasteiger partial charge in [0.1, 0.15) is 6.54 Å². The van der Waals surface area contributed by atoms with Crippen LogP contribution in [0.1, 0.15) is 6.92 Å². The summed E-state index contributed by atoms with van der Waals surface area (Å²) in [5.41, 5.74) is -1.31. The van der Waals surface area contributed by atoms with Crippen molar-refractivity contribution in [3.63, 3.8) is 0 Å². The van der Waals surface area contributed by atoms with E-state index in [1.165, 1.54) is 4.57 Å². The molecule has 1 aromatic carbocycles. The Bertz CT molecular complexity index is 744. The Morgan fingerprint density at radius 3 is 2.71 bits per heavy atom. The average Bonchev–Trinajstić information content (AvgIpc) is 2.73. The van der Waals surface area contributed by atoms with E-state index in [1.54, 1.807) is 24.3 Å². The highest BCUT2D eigenvalue weighted by Gasteiger charge is 2.30. The molecule has 1 unspecified atom stereocenters. The van der Waals surface area contributed by atoms with Crippen LogP contribution < -0.4 is 11.0 Å². The first-order chi connectivity index (χ1) is 9.81. The second-order valence-corrected chi connectivity index (χ2v) is 4.89. The molecule has 0 radical (unpaired) electrons. The number of hydrogen-bond acceptors (Lipinski definition) is 4. The van der Waals surface area contributed by atoms with Crippen LogP contribution in [0.3, 0.4) is 0 Å². The smallest absolute Gasteiger partial charge is 0.337 e. The van der Waals surface area contributed by atoms with Crippen LogP contribution in [0.2, 0.25) is 0 Å². The summed E-state index contributed by atoms with van der Waals surface area (Å²) in [5.74, 6) is -2.00. The number of carboxylic acids is 1. The number of carbonyl (C=O) groups is 2. The molecule has 21 heavy (non-hydrogen) atoms. The molecule has 0 bridgehead atoms. The maximum atomic E-state index is 11.8. The normalized spacial score (nSPS) is 13.8. The number of nitrogens with one attached hydrogen (secondary N) is 2. The van der Waals surface area contributed by atoms with E-state index in [0.717, 1.165) is 6.92 Å². The van der Waals surface area contributed by atoms with Crippen LogP contribution in [0.25, 0.3) is 11.0 Å². The number of aromatic amines is 1. The van der Waals surface area contributed by atoms with Crippen LogP contribution in [0, 0.1) is 0 Å². The van der Waals surface area contributed by atoms with Gasteiger partial charge in [-0.05, 0) is 19.1 Å². The highest BCUT2D eigenvalue weighted by atomic mass is 16.4. The zero-order valence-corrected chi connectivity index (χ0v) is 11.3. The zero-order chi connectivity index (χ0) is 15.6. The summed E-state index contributed by atoms with van der Waals surface area (Å²) in [5, 5.41) is 20.5. The van der Waals surface area contributed by atoms with Gasteiger partial charge in [0.25, 0.3) is 0 Å². The minimum absolute atomic E-state index is 0.265.